The number of pyridine rings is 1. The number of nitrogens with one attached hydrogen (secondary N) is 2. The van der Waals surface area contributed by atoms with Crippen LogP contribution in [0, 0.1) is 11.3 Å². The molecule has 1 saturated carbocycles. The molecule has 246 valence electrons. The molecule has 6 rings (SSSR count). The van der Waals surface area contributed by atoms with Crippen LogP contribution in [0.15, 0.2) is 73.3 Å². The molecule has 0 unspecified atom stereocenters. The van der Waals surface area contributed by atoms with E-state index < -0.39 is 23.4 Å². The van der Waals surface area contributed by atoms with Gasteiger partial charge in [-0.3, -0.25) is 14.0 Å². The minimum absolute atomic E-state index is 0.0728. The molecule has 0 bridgehead atoms. The molecule has 0 aliphatic heterocycles. The second kappa shape index (κ2) is 13.4. The van der Waals surface area contributed by atoms with Crippen molar-refractivity contribution >= 4 is 34.1 Å². The maximum atomic E-state index is 14.2. The summed E-state index contributed by atoms with van der Waals surface area (Å²) >= 11 is 0. The number of benzene rings is 2. The van der Waals surface area contributed by atoms with Gasteiger partial charge in [0, 0.05) is 50.1 Å². The monoisotopic (exact) mass is 655 g/mol. The molecule has 13 heteroatoms. The Kier molecular flexibility index (Phi) is 9.12. The predicted molar refractivity (Wildman–Crippen MR) is 173 cm³/mol. The van der Waals surface area contributed by atoms with E-state index in [1.165, 1.54) is 70.2 Å². The van der Waals surface area contributed by atoms with E-state index in [0.29, 0.717) is 29.7 Å². The average molecular weight is 656 g/mol. The smallest absolute Gasteiger partial charge is 0.381 e. The number of nitriles is 1. The largest absolute Gasteiger partial charge is 0.417 e. The number of halogens is 3. The zero-order valence-electron chi connectivity index (χ0n) is 26.2. The van der Waals surface area contributed by atoms with Crippen molar-refractivity contribution in [3.8, 4) is 17.2 Å². The van der Waals surface area contributed by atoms with Gasteiger partial charge in [0.1, 0.15) is 17.4 Å². The van der Waals surface area contributed by atoms with Crippen LogP contribution in [-0.2, 0) is 22.8 Å². The number of nitrogens with zero attached hydrogens (tertiary/aromatic N) is 5. The van der Waals surface area contributed by atoms with Crippen molar-refractivity contribution in [1.29, 1.82) is 5.26 Å². The summed E-state index contributed by atoms with van der Waals surface area (Å²) in [5.74, 6) is -0.928. The fourth-order valence-electron chi connectivity index (χ4n) is 6.13. The molecule has 0 atom stereocenters. The van der Waals surface area contributed by atoms with Crippen molar-refractivity contribution in [2.24, 2.45) is 7.05 Å². The van der Waals surface area contributed by atoms with Crippen molar-refractivity contribution < 1.29 is 27.5 Å². The molecule has 0 radical (unpaired) electrons. The minimum Gasteiger partial charge on any atom is -0.381 e. The van der Waals surface area contributed by atoms with Crippen molar-refractivity contribution in [2.75, 3.05) is 19.0 Å². The van der Waals surface area contributed by atoms with Crippen LogP contribution in [0.25, 0.3) is 27.8 Å². The Bertz CT molecular complexity index is 2080. The zero-order valence-corrected chi connectivity index (χ0v) is 26.2. The zero-order chi connectivity index (χ0) is 34.0. The molecule has 1 amide bonds. The summed E-state index contributed by atoms with van der Waals surface area (Å²) in [7, 11) is 3.35. The Hall–Kier alpha value is -5.32. The highest BCUT2D eigenvalue weighted by molar-refractivity contribution is 6.09. The predicted octanol–water partition coefficient (Wildman–Crippen LogP) is 6.05. The number of carbonyl (C=O) groups is 2. The van der Waals surface area contributed by atoms with Crippen molar-refractivity contribution in [3.05, 3.63) is 95.7 Å². The summed E-state index contributed by atoms with van der Waals surface area (Å²) in [6, 6.07) is 12.2. The molecule has 2 aromatic carbocycles. The summed E-state index contributed by atoms with van der Waals surface area (Å²) in [5.41, 5.74) is 0.608. The number of ether oxygens (including phenoxy) is 1. The lowest BCUT2D eigenvalue weighted by Gasteiger charge is -2.27. The highest BCUT2D eigenvalue weighted by Gasteiger charge is 2.35. The number of aromatic nitrogens is 4. The van der Waals surface area contributed by atoms with E-state index in [-0.39, 0.29) is 39.3 Å². The summed E-state index contributed by atoms with van der Waals surface area (Å²) in [6.07, 6.45) is 7.03. The van der Waals surface area contributed by atoms with Gasteiger partial charge in [-0.1, -0.05) is 6.08 Å². The van der Waals surface area contributed by atoms with Crippen LogP contribution in [0.2, 0.25) is 0 Å². The SMILES string of the molecule is CO[C@H]1CC[C@H](NC/C=C/C(=O)Nc2ccc(C(=O)c3cnc4c(-c5cc6ncn(C)c6cc5C(F)(F)F)cccn34)cc2C#N)CC1. The number of amides is 1. The van der Waals surface area contributed by atoms with Gasteiger partial charge in [-0.2, -0.15) is 18.4 Å². The highest BCUT2D eigenvalue weighted by atomic mass is 19.4. The van der Waals surface area contributed by atoms with E-state index in [1.54, 1.807) is 20.2 Å². The first kappa shape index (κ1) is 32.6. The van der Waals surface area contributed by atoms with Crippen LogP contribution >= 0.6 is 0 Å². The van der Waals surface area contributed by atoms with Crippen LogP contribution in [0.5, 0.6) is 0 Å². The molecular formula is C35H32F3N7O3. The van der Waals surface area contributed by atoms with Gasteiger partial charge >= 0.3 is 6.18 Å². The third-order valence-corrected chi connectivity index (χ3v) is 8.69. The Balaban J connectivity index is 1.20. The Morgan fingerprint density at radius 2 is 1.90 bits per heavy atom. The third-order valence-electron chi connectivity index (χ3n) is 8.69. The third kappa shape index (κ3) is 6.58. The van der Waals surface area contributed by atoms with Crippen molar-refractivity contribution in [1.82, 2.24) is 24.3 Å². The molecule has 3 aromatic heterocycles. The summed E-state index contributed by atoms with van der Waals surface area (Å²) in [5, 5.41) is 15.9. The number of imidazole rings is 2. The fraction of sp³-hybridized carbons (Fsp3) is 0.286. The topological polar surface area (TPSA) is 126 Å². The molecule has 48 heavy (non-hydrogen) atoms. The lowest BCUT2D eigenvalue weighted by atomic mass is 9.93. The molecule has 10 nitrogen and oxygen atoms in total. The number of fused-ring (bicyclic) bond motifs is 2. The van der Waals surface area contributed by atoms with Crippen LogP contribution in [0.1, 0.15) is 52.9 Å². The first-order chi connectivity index (χ1) is 23.1. The number of methoxy groups -OCH3 is 1. The van der Waals surface area contributed by atoms with Crippen LogP contribution < -0.4 is 10.6 Å². The van der Waals surface area contributed by atoms with E-state index in [2.05, 4.69) is 20.6 Å². The van der Waals surface area contributed by atoms with Crippen molar-refractivity contribution in [3.63, 3.8) is 0 Å². The maximum absolute atomic E-state index is 14.2. The van der Waals surface area contributed by atoms with Gasteiger partial charge in [-0.05, 0) is 73.7 Å². The number of anilines is 1. The standard InChI is InChI=1S/C35H32F3N7O3/c1-44-20-42-29-16-26(27(17-30(29)44)35(36,37)38)25-5-4-14-45-31(19-41-34(25)45)33(47)21-7-12-28(22(15-21)18-39)43-32(46)6-3-13-40-23-8-10-24(48-2)11-9-23/h3-7,12,14-17,19-20,23-24,40H,8-11,13H2,1-2H3,(H,43,46)/b6-3+/t23-,24-. The van der Waals surface area contributed by atoms with E-state index >= 15 is 0 Å². The lowest BCUT2D eigenvalue weighted by Crippen LogP contribution is -2.35. The first-order valence-electron chi connectivity index (χ1n) is 15.4. The summed E-state index contributed by atoms with van der Waals surface area (Å²) in [4.78, 5) is 34.8. The number of hydrogen-bond donors (Lipinski definition) is 2. The van der Waals surface area contributed by atoms with Gasteiger partial charge in [0.05, 0.1) is 46.5 Å². The summed E-state index contributed by atoms with van der Waals surface area (Å²) < 4.78 is 51.0. The lowest BCUT2D eigenvalue weighted by molar-refractivity contribution is -0.137. The van der Waals surface area contributed by atoms with Crippen LogP contribution in [0.3, 0.4) is 0 Å². The van der Waals surface area contributed by atoms with Gasteiger partial charge in [0.25, 0.3) is 0 Å². The number of hydrogen-bond acceptors (Lipinski definition) is 7. The highest BCUT2D eigenvalue weighted by Crippen LogP contribution is 2.40. The first-order valence-corrected chi connectivity index (χ1v) is 15.4. The number of rotatable bonds is 9. The fourth-order valence-corrected chi connectivity index (χ4v) is 6.13. The number of aryl methyl sites for hydroxylation is 1. The number of ketones is 1. The molecule has 2 N–H and O–H groups in total. The Labute approximate surface area is 273 Å². The van der Waals surface area contributed by atoms with Gasteiger partial charge in [0.15, 0.2) is 0 Å². The molecule has 1 fully saturated rings. The van der Waals surface area contributed by atoms with Gasteiger partial charge in [-0.25, -0.2) is 9.97 Å². The molecule has 1 aliphatic rings. The van der Waals surface area contributed by atoms with Crippen LogP contribution in [0.4, 0.5) is 18.9 Å². The minimum atomic E-state index is -4.66. The Morgan fingerprint density at radius 1 is 1.10 bits per heavy atom. The number of carbonyl (C=O) groups excluding carboxylic acids is 2. The average Bonchev–Trinajstić information content (AvgIpc) is 3.69. The maximum Gasteiger partial charge on any atom is 0.417 e. The van der Waals surface area contributed by atoms with Crippen molar-refractivity contribution in [2.45, 2.75) is 44.0 Å². The van der Waals surface area contributed by atoms with Gasteiger partial charge < -0.3 is 19.9 Å². The van der Waals surface area contributed by atoms with E-state index in [1.807, 2.05) is 6.07 Å². The van der Waals surface area contributed by atoms with Crippen LogP contribution in [-0.4, -0.2) is 56.4 Å². The second-order valence-electron chi connectivity index (χ2n) is 11.7. The van der Waals surface area contributed by atoms with E-state index in [0.717, 1.165) is 31.7 Å². The van der Waals surface area contributed by atoms with Gasteiger partial charge in [-0.15, -0.1) is 0 Å². The Morgan fingerprint density at radius 3 is 2.62 bits per heavy atom. The molecule has 1 aliphatic carbocycles. The molecule has 0 spiro atoms. The quantitative estimate of drug-likeness (QED) is 0.146. The molecule has 0 saturated heterocycles. The normalized spacial score (nSPS) is 16.8. The molecule has 5 aromatic rings. The van der Waals surface area contributed by atoms with E-state index in [9.17, 15) is 28.0 Å². The number of alkyl halides is 3. The van der Waals surface area contributed by atoms with Gasteiger partial charge in [0.2, 0.25) is 11.7 Å². The van der Waals surface area contributed by atoms with E-state index in [4.69, 9.17) is 4.74 Å². The molecular weight excluding hydrogens is 623 g/mol. The second-order valence-corrected chi connectivity index (χ2v) is 11.7. The summed E-state index contributed by atoms with van der Waals surface area (Å²) in [6.45, 7) is 0.518. The molecule has 3 heterocycles.